The molecule has 0 radical (unpaired) electrons. The Balaban J connectivity index is 1.59. The van der Waals surface area contributed by atoms with Crippen LogP contribution in [-0.4, -0.2) is 99.9 Å². The van der Waals surface area contributed by atoms with Gasteiger partial charge in [-0.2, -0.15) is 0 Å². The van der Waals surface area contributed by atoms with Crippen LogP contribution in [0.4, 0.5) is 5.69 Å². The van der Waals surface area contributed by atoms with Crippen molar-refractivity contribution in [1.82, 2.24) is 9.80 Å². The van der Waals surface area contributed by atoms with Crippen LogP contribution in [0.15, 0.2) is 18.2 Å². The van der Waals surface area contributed by atoms with Crippen molar-refractivity contribution in [3.05, 3.63) is 23.8 Å². The summed E-state index contributed by atoms with van der Waals surface area (Å²) in [7, 11) is 3.37. The molecule has 3 amide bonds. The summed E-state index contributed by atoms with van der Waals surface area (Å²) in [5.74, 6) is 0.0505. The predicted octanol–water partition coefficient (Wildman–Crippen LogP) is 2.81. The van der Waals surface area contributed by atoms with Gasteiger partial charge in [-0.25, -0.2) is 0 Å². The van der Waals surface area contributed by atoms with Gasteiger partial charge in [-0.05, 0) is 50.8 Å². The molecular weight excluding hydrogens is 502 g/mol. The van der Waals surface area contributed by atoms with Crippen molar-refractivity contribution in [3.8, 4) is 5.75 Å². The number of methoxy groups -OCH3 is 1. The molecule has 1 N–H and O–H groups in total. The van der Waals surface area contributed by atoms with Crippen molar-refractivity contribution < 1.29 is 33.3 Å². The fourth-order valence-corrected chi connectivity index (χ4v) is 5.54. The first-order chi connectivity index (χ1) is 18.8. The van der Waals surface area contributed by atoms with Gasteiger partial charge in [-0.15, -0.1) is 0 Å². The highest BCUT2D eigenvalue weighted by Crippen LogP contribution is 2.28. The van der Waals surface area contributed by atoms with E-state index in [-0.39, 0.29) is 54.2 Å². The van der Waals surface area contributed by atoms with E-state index in [0.717, 1.165) is 0 Å². The van der Waals surface area contributed by atoms with E-state index in [4.69, 9.17) is 18.9 Å². The summed E-state index contributed by atoms with van der Waals surface area (Å²) in [5.41, 5.74) is 0.906. The molecular formula is C29H43N3O7. The summed E-state index contributed by atoms with van der Waals surface area (Å²) in [6, 6.07) is 4.94. The summed E-state index contributed by atoms with van der Waals surface area (Å²) in [5, 5.41) is 2.97. The lowest BCUT2D eigenvalue weighted by atomic mass is 9.95. The van der Waals surface area contributed by atoms with Crippen molar-refractivity contribution in [3.63, 3.8) is 0 Å². The number of nitrogens with one attached hydrogen (secondary N) is 1. The molecule has 2 fully saturated rings. The van der Waals surface area contributed by atoms with E-state index >= 15 is 0 Å². The predicted molar refractivity (Wildman–Crippen MR) is 146 cm³/mol. The first-order valence-corrected chi connectivity index (χ1v) is 14.1. The van der Waals surface area contributed by atoms with Crippen LogP contribution < -0.4 is 10.1 Å². The third kappa shape index (κ3) is 7.29. The summed E-state index contributed by atoms with van der Waals surface area (Å²) in [4.78, 5) is 43.6. The van der Waals surface area contributed by atoms with Crippen LogP contribution in [0.25, 0.3) is 0 Å². The van der Waals surface area contributed by atoms with E-state index in [0.29, 0.717) is 82.2 Å². The number of fused-ring (bicyclic) bond motifs is 1. The van der Waals surface area contributed by atoms with Crippen LogP contribution >= 0.6 is 0 Å². The smallest absolute Gasteiger partial charge is 0.257 e. The first kappa shape index (κ1) is 29.3. The van der Waals surface area contributed by atoms with Gasteiger partial charge in [-0.3, -0.25) is 14.4 Å². The second-order valence-corrected chi connectivity index (χ2v) is 11.1. The number of benzene rings is 1. The molecule has 0 aliphatic carbocycles. The van der Waals surface area contributed by atoms with Crippen LogP contribution in [0.5, 0.6) is 5.75 Å². The number of rotatable bonds is 4. The average molecular weight is 546 g/mol. The molecule has 2 saturated heterocycles. The standard InChI is InChI=1S/C29H43N3O7/c1-19-16-32(28(34)22-9-13-38-14-10-22)20(2)18-39-25-6-5-23(30-27(33)21-7-11-37-12-8-21)15-24(25)29(35)31(3)17-26(19)36-4/h5-6,15,19-22,26H,7-14,16-18H2,1-4H3,(H,30,33)/t19-,20-,26-/m1/s1. The van der Waals surface area contributed by atoms with Crippen molar-refractivity contribution in [2.45, 2.75) is 51.7 Å². The van der Waals surface area contributed by atoms with Gasteiger partial charge in [0.15, 0.2) is 0 Å². The van der Waals surface area contributed by atoms with Gasteiger partial charge < -0.3 is 34.1 Å². The van der Waals surface area contributed by atoms with Crippen LogP contribution in [0, 0.1) is 17.8 Å². The number of carbonyl (C=O) groups is 3. The van der Waals surface area contributed by atoms with E-state index in [1.165, 1.54) is 0 Å². The Morgan fingerprint density at radius 3 is 2.26 bits per heavy atom. The average Bonchev–Trinajstić information content (AvgIpc) is 2.97. The molecule has 0 unspecified atom stereocenters. The number of carbonyl (C=O) groups excluding carboxylic acids is 3. The molecule has 0 spiro atoms. The summed E-state index contributed by atoms with van der Waals surface area (Å²) in [6.45, 7) is 7.46. The quantitative estimate of drug-likeness (QED) is 0.620. The van der Waals surface area contributed by atoms with E-state index in [9.17, 15) is 14.4 Å². The fraction of sp³-hybridized carbons (Fsp3) is 0.690. The van der Waals surface area contributed by atoms with Gasteiger partial charge in [0.2, 0.25) is 11.8 Å². The molecule has 4 rings (SSSR count). The molecule has 3 aliphatic rings. The Kier molecular flexibility index (Phi) is 10.2. The van der Waals surface area contributed by atoms with Crippen LogP contribution in [0.1, 0.15) is 49.9 Å². The lowest BCUT2D eigenvalue weighted by molar-refractivity contribution is -0.143. The molecule has 3 atom stereocenters. The van der Waals surface area contributed by atoms with Gasteiger partial charge in [0.25, 0.3) is 5.91 Å². The molecule has 3 heterocycles. The van der Waals surface area contributed by atoms with Crippen molar-refractivity contribution >= 4 is 23.4 Å². The monoisotopic (exact) mass is 545 g/mol. The number of hydrogen-bond donors (Lipinski definition) is 1. The molecule has 39 heavy (non-hydrogen) atoms. The van der Waals surface area contributed by atoms with E-state index in [2.05, 4.69) is 5.32 Å². The molecule has 3 aliphatic heterocycles. The second kappa shape index (κ2) is 13.6. The van der Waals surface area contributed by atoms with E-state index < -0.39 is 0 Å². The Morgan fingerprint density at radius 1 is 0.974 bits per heavy atom. The molecule has 10 nitrogen and oxygen atoms in total. The fourth-order valence-electron chi connectivity index (χ4n) is 5.54. The maximum Gasteiger partial charge on any atom is 0.257 e. The zero-order chi connectivity index (χ0) is 27.9. The Labute approximate surface area is 231 Å². The van der Waals surface area contributed by atoms with E-state index in [1.54, 1.807) is 37.3 Å². The second-order valence-electron chi connectivity index (χ2n) is 11.1. The third-order valence-corrected chi connectivity index (χ3v) is 8.16. The minimum atomic E-state index is -0.267. The molecule has 216 valence electrons. The van der Waals surface area contributed by atoms with Crippen LogP contribution in [-0.2, 0) is 23.8 Å². The van der Waals surface area contributed by atoms with Crippen molar-refractivity contribution in [2.24, 2.45) is 17.8 Å². The Hall–Kier alpha value is -2.69. The third-order valence-electron chi connectivity index (χ3n) is 8.16. The van der Waals surface area contributed by atoms with Crippen LogP contribution in [0.2, 0.25) is 0 Å². The highest BCUT2D eigenvalue weighted by Gasteiger charge is 2.34. The summed E-state index contributed by atoms with van der Waals surface area (Å²) in [6.07, 6.45) is 2.52. The molecule has 1 aromatic rings. The first-order valence-electron chi connectivity index (χ1n) is 14.1. The Morgan fingerprint density at radius 2 is 1.62 bits per heavy atom. The SMILES string of the molecule is CO[C@@H]1CN(C)C(=O)c2cc(NC(=O)C3CCOCC3)ccc2OC[C@@H](C)N(C(=O)C2CCOCC2)C[C@H]1C. The lowest BCUT2D eigenvalue weighted by Gasteiger charge is -2.38. The summed E-state index contributed by atoms with van der Waals surface area (Å²) >= 11 is 0. The van der Waals surface area contributed by atoms with Gasteiger partial charge in [0.05, 0.1) is 17.7 Å². The maximum absolute atomic E-state index is 13.6. The normalized spacial score (nSPS) is 26.2. The van der Waals surface area contributed by atoms with Gasteiger partial charge in [0.1, 0.15) is 12.4 Å². The molecule has 0 bridgehead atoms. The number of ether oxygens (including phenoxy) is 4. The van der Waals surface area contributed by atoms with Crippen LogP contribution in [0.3, 0.4) is 0 Å². The van der Waals surface area contributed by atoms with Gasteiger partial charge >= 0.3 is 0 Å². The zero-order valence-electron chi connectivity index (χ0n) is 23.6. The molecule has 0 aromatic heterocycles. The van der Waals surface area contributed by atoms with Gasteiger partial charge in [-0.1, -0.05) is 6.92 Å². The largest absolute Gasteiger partial charge is 0.491 e. The molecule has 0 saturated carbocycles. The topological polar surface area (TPSA) is 107 Å². The molecule has 1 aromatic carbocycles. The number of likely N-dealkylation sites (N-methyl/N-ethyl adjacent to an activating group) is 1. The van der Waals surface area contributed by atoms with Crippen molar-refractivity contribution in [2.75, 3.05) is 65.6 Å². The number of amides is 3. The zero-order valence-corrected chi connectivity index (χ0v) is 23.6. The molecule has 10 heteroatoms. The van der Waals surface area contributed by atoms with Crippen molar-refractivity contribution in [1.29, 1.82) is 0 Å². The Bertz CT molecular complexity index is 1010. The maximum atomic E-state index is 13.6. The van der Waals surface area contributed by atoms with E-state index in [1.807, 2.05) is 18.7 Å². The number of anilines is 1. The summed E-state index contributed by atoms with van der Waals surface area (Å²) < 4.78 is 22.9. The van der Waals surface area contributed by atoms with Gasteiger partial charge in [0, 0.05) is 77.1 Å². The minimum absolute atomic E-state index is 0.0134. The highest BCUT2D eigenvalue weighted by atomic mass is 16.5. The number of nitrogens with zero attached hydrogens (tertiary/aromatic N) is 2. The number of hydrogen-bond acceptors (Lipinski definition) is 7. The minimum Gasteiger partial charge on any atom is -0.491 e. The lowest BCUT2D eigenvalue weighted by Crippen LogP contribution is -2.50. The highest BCUT2D eigenvalue weighted by molar-refractivity contribution is 5.99.